The first-order valence-electron chi connectivity index (χ1n) is 14.1. The summed E-state index contributed by atoms with van der Waals surface area (Å²) in [6.45, 7) is 8.49. The quantitative estimate of drug-likeness (QED) is 0.277. The van der Waals surface area contributed by atoms with E-state index in [1.165, 1.54) is 11.1 Å². The van der Waals surface area contributed by atoms with Gasteiger partial charge < -0.3 is 5.11 Å². The highest BCUT2D eigenvalue weighted by molar-refractivity contribution is 5.82. The lowest BCUT2D eigenvalue weighted by molar-refractivity contribution is -0.138. The lowest BCUT2D eigenvalue weighted by Gasteiger charge is -2.30. The summed E-state index contributed by atoms with van der Waals surface area (Å²) in [7, 11) is 0. The van der Waals surface area contributed by atoms with E-state index in [-0.39, 0.29) is 34.8 Å². The fourth-order valence-corrected chi connectivity index (χ4v) is 5.21. The molecule has 0 saturated carbocycles. The second kappa shape index (κ2) is 12.6. The van der Waals surface area contributed by atoms with Crippen LogP contribution in [0.25, 0.3) is 11.3 Å². The van der Waals surface area contributed by atoms with Crippen molar-refractivity contribution in [3.05, 3.63) is 88.6 Å². The summed E-state index contributed by atoms with van der Waals surface area (Å²) in [4.78, 5) is 27.8. The van der Waals surface area contributed by atoms with Crippen LogP contribution >= 0.6 is 0 Å². The number of nitrogens with one attached hydrogen (secondary N) is 2. The van der Waals surface area contributed by atoms with Crippen molar-refractivity contribution in [2.45, 2.75) is 83.5 Å². The van der Waals surface area contributed by atoms with Crippen molar-refractivity contribution < 1.29 is 27.9 Å². The highest BCUT2D eigenvalue weighted by atomic mass is 19.4. The number of pyridine rings is 1. The summed E-state index contributed by atoms with van der Waals surface area (Å²) in [5, 5.41) is 11.1. The van der Waals surface area contributed by atoms with Gasteiger partial charge in [0.1, 0.15) is 6.04 Å². The molecule has 1 aliphatic heterocycles. The molecule has 1 fully saturated rings. The molecular weight excluding hydrogens is 545 g/mol. The molecule has 7 nitrogen and oxygen atoms in total. The first-order valence-corrected chi connectivity index (χ1v) is 14.1. The second-order valence-corrected chi connectivity index (χ2v) is 11.8. The number of hydrazine groups is 2. The van der Waals surface area contributed by atoms with E-state index >= 15 is 0 Å². The zero-order valence-corrected chi connectivity index (χ0v) is 24.3. The predicted molar refractivity (Wildman–Crippen MR) is 154 cm³/mol. The minimum atomic E-state index is -4.63. The highest BCUT2D eigenvalue weighted by Crippen LogP contribution is 2.33. The number of hydrogen-bond acceptors (Lipinski definition) is 5. The third-order valence-electron chi connectivity index (χ3n) is 7.57. The van der Waals surface area contributed by atoms with Gasteiger partial charge in [-0.2, -0.15) is 18.7 Å². The molecule has 0 bridgehead atoms. The normalized spacial score (nSPS) is 16.8. The van der Waals surface area contributed by atoms with E-state index in [2.05, 4.69) is 61.0 Å². The average Bonchev–Trinajstić information content (AvgIpc) is 3.30. The summed E-state index contributed by atoms with van der Waals surface area (Å²) in [6, 6.07) is 17.0. The van der Waals surface area contributed by atoms with Crippen molar-refractivity contribution in [1.29, 1.82) is 0 Å². The third kappa shape index (κ3) is 7.74. The topological polar surface area (TPSA) is 94.6 Å². The number of carbonyl (C=O) groups is 2. The summed E-state index contributed by atoms with van der Waals surface area (Å²) in [5.74, 6) is -1.34. The number of nitrogens with zero attached hydrogens (tertiary/aromatic N) is 2. The van der Waals surface area contributed by atoms with E-state index in [1.807, 2.05) is 24.1 Å². The van der Waals surface area contributed by atoms with Gasteiger partial charge in [0.25, 0.3) is 5.91 Å². The van der Waals surface area contributed by atoms with Crippen molar-refractivity contribution in [2.75, 3.05) is 0 Å². The molecule has 224 valence electrons. The number of aryl methyl sites for hydroxylation is 1. The van der Waals surface area contributed by atoms with Crippen LogP contribution in [0.15, 0.2) is 60.7 Å². The number of benzene rings is 2. The minimum absolute atomic E-state index is 0.0455. The van der Waals surface area contributed by atoms with Crippen LogP contribution in [-0.2, 0) is 40.4 Å². The Hall–Kier alpha value is -3.76. The Balaban J connectivity index is 1.56. The highest BCUT2D eigenvalue weighted by Gasteiger charge is 2.36. The molecule has 3 aromatic rings. The molecule has 0 radical (unpaired) electrons. The number of aliphatic carboxylic acids is 1. The van der Waals surface area contributed by atoms with Crippen LogP contribution in [0.4, 0.5) is 13.2 Å². The average molecular weight is 583 g/mol. The molecular formula is C32H37F3N4O3. The van der Waals surface area contributed by atoms with Gasteiger partial charge in [-0.05, 0) is 59.9 Å². The van der Waals surface area contributed by atoms with Crippen molar-refractivity contribution in [1.82, 2.24) is 21.0 Å². The first kappa shape index (κ1) is 31.2. The van der Waals surface area contributed by atoms with E-state index < -0.39 is 24.1 Å². The van der Waals surface area contributed by atoms with E-state index in [0.717, 1.165) is 30.5 Å². The van der Waals surface area contributed by atoms with Crippen molar-refractivity contribution >= 4 is 11.9 Å². The Bertz CT molecular complexity index is 1400. The molecule has 0 aliphatic carbocycles. The van der Waals surface area contributed by atoms with Gasteiger partial charge in [-0.1, -0.05) is 76.2 Å². The Morgan fingerprint density at radius 3 is 2.21 bits per heavy atom. The number of alkyl halides is 3. The number of carbonyl (C=O) groups excluding carboxylic acids is 1. The van der Waals surface area contributed by atoms with E-state index in [0.29, 0.717) is 18.4 Å². The molecule has 10 heteroatoms. The smallest absolute Gasteiger partial charge is 0.416 e. The summed E-state index contributed by atoms with van der Waals surface area (Å²) < 4.78 is 40.5. The summed E-state index contributed by atoms with van der Waals surface area (Å²) in [5.41, 5.74) is 8.65. The SMILES string of the molecule is CCC1C(=O)NNN1C(CCc1ccc(C(C)(C)C)cc1)Cc1ccc(-c2cc(C(F)(F)F)cc(CC(=O)O)n2)cc1. The number of carboxylic acids is 1. The molecule has 3 N–H and O–H groups in total. The standard InChI is InChI=1S/C32H37F3N4O3/c1-5-28-30(42)37-38-39(28)26(15-10-20-8-13-23(14-9-20)31(2,3)4)16-21-6-11-22(12-7-21)27-18-24(32(33,34)35)17-25(36-27)19-29(40)41/h6-9,11-14,17-18,26,28,38H,5,10,15-16,19H2,1-4H3,(H,37,42)(H,40,41). The molecule has 4 rings (SSSR count). The lowest BCUT2D eigenvalue weighted by Crippen LogP contribution is -2.48. The number of halogens is 3. The maximum absolute atomic E-state index is 13.5. The number of carboxylic acid groups (broad SMARTS) is 1. The van der Waals surface area contributed by atoms with Crippen LogP contribution in [0.2, 0.25) is 0 Å². The molecule has 0 spiro atoms. The molecule has 42 heavy (non-hydrogen) atoms. The van der Waals surface area contributed by atoms with Gasteiger partial charge in [0.2, 0.25) is 0 Å². The number of aromatic nitrogens is 1. The number of amides is 1. The van der Waals surface area contributed by atoms with Crippen LogP contribution in [0.1, 0.15) is 68.5 Å². The zero-order valence-electron chi connectivity index (χ0n) is 24.3. The molecule has 2 heterocycles. The van der Waals surface area contributed by atoms with Crippen LogP contribution in [-0.4, -0.2) is 39.1 Å². The van der Waals surface area contributed by atoms with Crippen LogP contribution < -0.4 is 11.0 Å². The molecule has 2 aromatic carbocycles. The van der Waals surface area contributed by atoms with Gasteiger partial charge in [-0.25, -0.2) is 5.01 Å². The van der Waals surface area contributed by atoms with Crippen molar-refractivity contribution in [2.24, 2.45) is 0 Å². The Kier molecular flexibility index (Phi) is 9.37. The van der Waals surface area contributed by atoms with Gasteiger partial charge >= 0.3 is 12.1 Å². The Morgan fingerprint density at radius 2 is 1.64 bits per heavy atom. The number of hydrogen-bond donors (Lipinski definition) is 3. The Labute approximate surface area is 244 Å². The molecule has 1 aliphatic rings. The van der Waals surface area contributed by atoms with Crippen LogP contribution in [0.3, 0.4) is 0 Å². The van der Waals surface area contributed by atoms with E-state index in [4.69, 9.17) is 5.11 Å². The minimum Gasteiger partial charge on any atom is -0.481 e. The molecule has 2 unspecified atom stereocenters. The summed E-state index contributed by atoms with van der Waals surface area (Å²) >= 11 is 0. The van der Waals surface area contributed by atoms with E-state index in [1.54, 1.807) is 12.1 Å². The first-order chi connectivity index (χ1) is 19.7. The molecule has 1 aromatic heterocycles. The molecule has 1 saturated heterocycles. The van der Waals surface area contributed by atoms with Crippen molar-refractivity contribution in [3.63, 3.8) is 0 Å². The zero-order chi connectivity index (χ0) is 30.7. The van der Waals surface area contributed by atoms with Crippen LogP contribution in [0.5, 0.6) is 0 Å². The largest absolute Gasteiger partial charge is 0.481 e. The maximum atomic E-state index is 13.5. The maximum Gasteiger partial charge on any atom is 0.416 e. The monoisotopic (exact) mass is 582 g/mol. The fraction of sp³-hybridized carbons (Fsp3) is 0.406. The van der Waals surface area contributed by atoms with E-state index in [9.17, 15) is 22.8 Å². The second-order valence-electron chi connectivity index (χ2n) is 11.8. The van der Waals surface area contributed by atoms with Crippen LogP contribution in [0, 0.1) is 0 Å². The molecule has 1 amide bonds. The van der Waals surface area contributed by atoms with Gasteiger partial charge in [-0.15, -0.1) is 0 Å². The lowest BCUT2D eigenvalue weighted by atomic mass is 9.86. The van der Waals surface area contributed by atoms with Gasteiger partial charge in [0.05, 0.1) is 23.4 Å². The number of rotatable bonds is 10. The van der Waals surface area contributed by atoms with Gasteiger partial charge in [0, 0.05) is 11.6 Å². The van der Waals surface area contributed by atoms with Gasteiger partial charge in [0.15, 0.2) is 0 Å². The predicted octanol–water partition coefficient (Wildman–Crippen LogP) is 5.87. The Morgan fingerprint density at radius 1 is 1.00 bits per heavy atom. The summed E-state index contributed by atoms with van der Waals surface area (Å²) in [6.07, 6.45) is -2.44. The fourth-order valence-electron chi connectivity index (χ4n) is 5.21. The van der Waals surface area contributed by atoms with Crippen molar-refractivity contribution in [3.8, 4) is 11.3 Å². The third-order valence-corrected chi connectivity index (χ3v) is 7.57. The molecule has 2 atom stereocenters. The van der Waals surface area contributed by atoms with Gasteiger partial charge in [-0.3, -0.25) is 20.0 Å².